The zero-order chi connectivity index (χ0) is 17.1. The monoisotopic (exact) mass is 332 g/mol. The van der Waals surface area contributed by atoms with Crippen molar-refractivity contribution in [1.82, 2.24) is 4.98 Å². The van der Waals surface area contributed by atoms with Crippen molar-refractivity contribution in [3.05, 3.63) is 76.3 Å². The molecule has 0 saturated heterocycles. The van der Waals surface area contributed by atoms with E-state index in [1.165, 1.54) is 30.5 Å². The summed E-state index contributed by atoms with van der Waals surface area (Å²) in [6.45, 7) is -0.157. The van der Waals surface area contributed by atoms with Crippen molar-refractivity contribution < 1.29 is 22.9 Å². The summed E-state index contributed by atoms with van der Waals surface area (Å²) in [4.78, 5) is 13.8. The highest BCUT2D eigenvalue weighted by Gasteiger charge is 2.13. The number of halogens is 2. The number of nitro benzene ring substituents is 1. The van der Waals surface area contributed by atoms with Crippen molar-refractivity contribution >= 4 is 5.69 Å². The summed E-state index contributed by atoms with van der Waals surface area (Å²) >= 11 is 0. The average Bonchev–Trinajstić information content (AvgIpc) is 3.03. The molecular weight excluding hydrogens is 322 g/mol. The van der Waals surface area contributed by atoms with Crippen molar-refractivity contribution in [2.45, 2.75) is 6.61 Å². The SMILES string of the molecule is O=[N+]([O-])c1ccc(OCc2ncc(-c3ccc(F)cc3)o2)c(F)c1. The first-order chi connectivity index (χ1) is 11.5. The van der Waals surface area contributed by atoms with Gasteiger partial charge in [0.2, 0.25) is 5.89 Å². The van der Waals surface area contributed by atoms with Crippen molar-refractivity contribution in [2.75, 3.05) is 0 Å². The molecule has 0 atom stereocenters. The maximum absolute atomic E-state index is 13.7. The summed E-state index contributed by atoms with van der Waals surface area (Å²) in [5.74, 6) is -0.767. The van der Waals surface area contributed by atoms with Crippen LogP contribution in [0.3, 0.4) is 0 Å². The maximum Gasteiger partial charge on any atom is 0.272 e. The third-order valence-corrected chi connectivity index (χ3v) is 3.16. The number of benzene rings is 2. The van der Waals surface area contributed by atoms with Crippen molar-refractivity contribution in [3.63, 3.8) is 0 Å². The molecule has 0 N–H and O–H groups in total. The Morgan fingerprint density at radius 3 is 2.58 bits per heavy atom. The first kappa shape index (κ1) is 15.6. The van der Waals surface area contributed by atoms with Gasteiger partial charge in [0.05, 0.1) is 17.2 Å². The Morgan fingerprint density at radius 1 is 1.17 bits per heavy atom. The number of hydrogen-bond acceptors (Lipinski definition) is 5. The first-order valence-electron chi connectivity index (χ1n) is 6.80. The summed E-state index contributed by atoms with van der Waals surface area (Å²) < 4.78 is 37.2. The molecule has 1 heterocycles. The molecule has 0 aliphatic heterocycles. The van der Waals surface area contributed by atoms with Gasteiger partial charge in [-0.05, 0) is 30.3 Å². The molecule has 0 aliphatic rings. The second-order valence-corrected chi connectivity index (χ2v) is 4.79. The number of ether oxygens (including phenoxy) is 1. The largest absolute Gasteiger partial charge is 0.481 e. The Balaban J connectivity index is 1.69. The smallest absolute Gasteiger partial charge is 0.272 e. The molecule has 6 nitrogen and oxygen atoms in total. The van der Waals surface area contributed by atoms with Gasteiger partial charge in [0.15, 0.2) is 23.9 Å². The summed E-state index contributed by atoms with van der Waals surface area (Å²) in [5.41, 5.74) is 0.270. The maximum atomic E-state index is 13.7. The summed E-state index contributed by atoms with van der Waals surface area (Å²) in [6, 6.07) is 8.73. The molecular formula is C16H10F2N2O4. The van der Waals surface area contributed by atoms with Crippen LogP contribution in [0.2, 0.25) is 0 Å². The normalized spacial score (nSPS) is 10.6. The highest BCUT2D eigenvalue weighted by molar-refractivity contribution is 5.55. The van der Waals surface area contributed by atoms with Gasteiger partial charge in [-0.25, -0.2) is 13.8 Å². The summed E-state index contributed by atoms with van der Waals surface area (Å²) in [5, 5.41) is 10.6. The minimum absolute atomic E-state index is 0.151. The second kappa shape index (κ2) is 6.45. The van der Waals surface area contributed by atoms with Crippen LogP contribution in [0.15, 0.2) is 53.1 Å². The van der Waals surface area contributed by atoms with Crippen molar-refractivity contribution in [2.24, 2.45) is 0 Å². The molecule has 24 heavy (non-hydrogen) atoms. The van der Waals surface area contributed by atoms with E-state index in [4.69, 9.17) is 9.15 Å². The number of hydrogen-bond donors (Lipinski definition) is 0. The topological polar surface area (TPSA) is 78.4 Å². The molecule has 0 fully saturated rings. The fourth-order valence-electron chi connectivity index (χ4n) is 1.98. The number of nitrogens with zero attached hydrogens (tertiary/aromatic N) is 2. The van der Waals surface area contributed by atoms with E-state index in [0.717, 1.165) is 18.2 Å². The van der Waals surface area contributed by atoms with Crippen LogP contribution in [-0.4, -0.2) is 9.91 Å². The molecule has 3 aromatic rings. The van der Waals surface area contributed by atoms with Crippen LogP contribution in [0.25, 0.3) is 11.3 Å². The molecule has 0 amide bonds. The lowest BCUT2D eigenvalue weighted by Gasteiger charge is -2.04. The van der Waals surface area contributed by atoms with Crippen LogP contribution in [-0.2, 0) is 6.61 Å². The van der Waals surface area contributed by atoms with Gasteiger partial charge >= 0.3 is 0 Å². The Bertz CT molecular complexity index is 878. The molecule has 8 heteroatoms. The van der Waals surface area contributed by atoms with Crippen molar-refractivity contribution in [1.29, 1.82) is 0 Å². The van der Waals surface area contributed by atoms with Crippen LogP contribution in [0.5, 0.6) is 5.75 Å². The second-order valence-electron chi connectivity index (χ2n) is 4.79. The van der Waals surface area contributed by atoms with Gasteiger partial charge in [-0.3, -0.25) is 10.1 Å². The Hall–Kier alpha value is -3.29. The number of non-ortho nitro benzene ring substituents is 1. The molecule has 122 valence electrons. The molecule has 0 radical (unpaired) electrons. The number of oxazole rings is 1. The zero-order valence-electron chi connectivity index (χ0n) is 12.1. The van der Waals surface area contributed by atoms with Crippen LogP contribution in [0, 0.1) is 21.7 Å². The molecule has 0 saturated carbocycles. The molecule has 0 unspecified atom stereocenters. The quantitative estimate of drug-likeness (QED) is 0.519. The van der Waals surface area contributed by atoms with E-state index in [1.54, 1.807) is 0 Å². The third kappa shape index (κ3) is 3.37. The third-order valence-electron chi connectivity index (χ3n) is 3.16. The van der Waals surface area contributed by atoms with Crippen molar-refractivity contribution in [3.8, 4) is 17.1 Å². The number of rotatable bonds is 5. The van der Waals surface area contributed by atoms with E-state index in [1.807, 2.05) is 0 Å². The molecule has 0 bridgehead atoms. The van der Waals surface area contributed by atoms with Crippen LogP contribution >= 0.6 is 0 Å². The molecule has 3 rings (SSSR count). The molecule has 0 spiro atoms. The lowest BCUT2D eigenvalue weighted by molar-refractivity contribution is -0.385. The minimum Gasteiger partial charge on any atom is -0.481 e. The number of aromatic nitrogens is 1. The van der Waals surface area contributed by atoms with E-state index < -0.39 is 10.7 Å². The van der Waals surface area contributed by atoms with Gasteiger partial charge < -0.3 is 9.15 Å². The predicted octanol–water partition coefficient (Wildman–Crippen LogP) is 4.11. The minimum atomic E-state index is -0.852. The Kier molecular flexibility index (Phi) is 4.19. The summed E-state index contributed by atoms with van der Waals surface area (Å²) in [6.07, 6.45) is 1.44. The van der Waals surface area contributed by atoms with Gasteiger partial charge in [0.1, 0.15) is 5.82 Å². The van der Waals surface area contributed by atoms with Gasteiger partial charge in [0, 0.05) is 11.6 Å². The first-order valence-corrected chi connectivity index (χ1v) is 6.80. The predicted molar refractivity (Wildman–Crippen MR) is 79.3 cm³/mol. The number of nitro groups is 1. The highest BCUT2D eigenvalue weighted by atomic mass is 19.1. The van der Waals surface area contributed by atoms with Crippen LogP contribution < -0.4 is 4.74 Å². The highest BCUT2D eigenvalue weighted by Crippen LogP contribution is 2.24. The summed E-state index contributed by atoms with van der Waals surface area (Å²) in [7, 11) is 0. The fraction of sp³-hybridized carbons (Fsp3) is 0.0625. The Labute approximate surface area is 134 Å². The molecule has 0 aliphatic carbocycles. The standard InChI is InChI=1S/C16H10F2N2O4/c17-11-3-1-10(2-4-11)15-8-19-16(24-15)9-23-14-6-5-12(20(21)22)7-13(14)18/h1-8H,9H2. The van der Waals surface area contributed by atoms with Gasteiger partial charge in [-0.1, -0.05) is 0 Å². The average molecular weight is 332 g/mol. The van der Waals surface area contributed by atoms with E-state index in [2.05, 4.69) is 4.98 Å². The van der Waals surface area contributed by atoms with Gasteiger partial charge in [0.25, 0.3) is 5.69 Å². The van der Waals surface area contributed by atoms with Gasteiger partial charge in [-0.15, -0.1) is 0 Å². The lowest BCUT2D eigenvalue weighted by Crippen LogP contribution is -1.98. The van der Waals surface area contributed by atoms with Gasteiger partial charge in [-0.2, -0.15) is 0 Å². The van der Waals surface area contributed by atoms with E-state index in [0.29, 0.717) is 11.3 Å². The van der Waals surface area contributed by atoms with E-state index in [-0.39, 0.29) is 29.8 Å². The molecule has 2 aromatic carbocycles. The zero-order valence-corrected chi connectivity index (χ0v) is 12.1. The van der Waals surface area contributed by atoms with E-state index >= 15 is 0 Å². The van der Waals surface area contributed by atoms with Crippen LogP contribution in [0.4, 0.5) is 14.5 Å². The lowest BCUT2D eigenvalue weighted by atomic mass is 10.2. The molecule has 1 aromatic heterocycles. The van der Waals surface area contributed by atoms with E-state index in [9.17, 15) is 18.9 Å². The fourth-order valence-corrected chi connectivity index (χ4v) is 1.98. The Morgan fingerprint density at radius 2 is 1.92 bits per heavy atom. The van der Waals surface area contributed by atoms with Crippen LogP contribution in [0.1, 0.15) is 5.89 Å².